The van der Waals surface area contributed by atoms with Crippen molar-refractivity contribution in [2.24, 2.45) is 0 Å². The first-order chi connectivity index (χ1) is 9.89. The fourth-order valence-corrected chi connectivity index (χ4v) is 2.80. The molecule has 0 aliphatic carbocycles. The molecule has 112 valence electrons. The van der Waals surface area contributed by atoms with Gasteiger partial charge in [0.2, 0.25) is 0 Å². The van der Waals surface area contributed by atoms with Gasteiger partial charge in [-0.05, 0) is 28.5 Å². The number of Topliss-reactive ketones (excluding diaryl/α,β-unsaturated/α-hetero) is 1. The minimum Gasteiger partial charge on any atom is -0.497 e. The van der Waals surface area contributed by atoms with E-state index in [4.69, 9.17) is 4.74 Å². The number of rotatable bonds is 6. The molecule has 0 radical (unpaired) electrons. The third kappa shape index (κ3) is 4.29. The maximum absolute atomic E-state index is 12.0. The average molecular weight is 306 g/mol. The second-order valence-corrected chi connectivity index (χ2v) is 7.36. The molecule has 0 aromatic heterocycles. The van der Waals surface area contributed by atoms with Gasteiger partial charge in [0.1, 0.15) is 21.4 Å². The zero-order chi connectivity index (χ0) is 15.5. The first kappa shape index (κ1) is 15.5. The summed E-state index contributed by atoms with van der Waals surface area (Å²) in [5.74, 6) is 0.564. The Labute approximate surface area is 124 Å². The second kappa shape index (κ2) is 6.26. The molecule has 0 fully saturated rings. The van der Waals surface area contributed by atoms with E-state index in [1.165, 1.54) is 0 Å². The van der Waals surface area contributed by atoms with E-state index in [0.29, 0.717) is 0 Å². The summed E-state index contributed by atoms with van der Waals surface area (Å²) in [6.07, 6.45) is 1.43. The number of carbonyl (C=O) groups excluding carboxylic acids is 1. The minimum absolute atomic E-state index is 0.0548. The molecule has 0 atom stereocenters. The van der Waals surface area contributed by atoms with Crippen LogP contribution < -0.4 is 4.74 Å². The SMILES string of the molecule is COc1ccc2cccc(CC(=O)CCS(C)(=O)=O)c2c1. The van der Waals surface area contributed by atoms with Crippen LogP contribution in [-0.4, -0.2) is 33.3 Å². The molecule has 0 saturated carbocycles. The third-order valence-electron chi connectivity index (χ3n) is 3.32. The molecule has 0 aliphatic heterocycles. The van der Waals surface area contributed by atoms with Crippen LogP contribution in [-0.2, 0) is 21.1 Å². The first-order valence-corrected chi connectivity index (χ1v) is 8.70. The molecule has 5 heteroatoms. The predicted molar refractivity (Wildman–Crippen MR) is 83.5 cm³/mol. The van der Waals surface area contributed by atoms with Crippen LogP contribution in [0.15, 0.2) is 36.4 Å². The fourth-order valence-electron chi connectivity index (χ4n) is 2.20. The molecule has 0 heterocycles. The third-order valence-corrected chi connectivity index (χ3v) is 4.26. The van der Waals surface area contributed by atoms with E-state index in [1.54, 1.807) is 7.11 Å². The fraction of sp³-hybridized carbons (Fsp3) is 0.312. The van der Waals surface area contributed by atoms with Crippen molar-refractivity contribution in [2.75, 3.05) is 19.1 Å². The highest BCUT2D eigenvalue weighted by molar-refractivity contribution is 7.90. The van der Waals surface area contributed by atoms with E-state index < -0.39 is 9.84 Å². The lowest BCUT2D eigenvalue weighted by Gasteiger charge is -2.08. The standard InChI is InChI=1S/C16H18O4S/c1-20-15-7-6-12-4-3-5-13(16(12)11-15)10-14(17)8-9-21(2,18)19/h3-7,11H,8-10H2,1-2H3. The summed E-state index contributed by atoms with van der Waals surface area (Å²) in [5, 5.41) is 1.99. The van der Waals surface area contributed by atoms with Crippen LogP contribution in [0.1, 0.15) is 12.0 Å². The van der Waals surface area contributed by atoms with Crippen molar-refractivity contribution in [1.29, 1.82) is 0 Å². The van der Waals surface area contributed by atoms with Gasteiger partial charge in [0.05, 0.1) is 12.9 Å². The van der Waals surface area contributed by atoms with Crippen LogP contribution in [0.3, 0.4) is 0 Å². The van der Waals surface area contributed by atoms with Gasteiger partial charge < -0.3 is 4.74 Å². The number of benzene rings is 2. The van der Waals surface area contributed by atoms with Gasteiger partial charge >= 0.3 is 0 Å². The Morgan fingerprint density at radius 2 is 1.95 bits per heavy atom. The smallest absolute Gasteiger partial charge is 0.147 e. The second-order valence-electron chi connectivity index (χ2n) is 5.10. The van der Waals surface area contributed by atoms with Crippen molar-refractivity contribution in [2.45, 2.75) is 12.8 Å². The van der Waals surface area contributed by atoms with Gasteiger partial charge in [-0.1, -0.05) is 24.3 Å². The monoisotopic (exact) mass is 306 g/mol. The normalized spacial score (nSPS) is 11.5. The largest absolute Gasteiger partial charge is 0.497 e. The van der Waals surface area contributed by atoms with E-state index in [-0.39, 0.29) is 24.4 Å². The Kier molecular flexibility index (Phi) is 4.63. The summed E-state index contributed by atoms with van der Waals surface area (Å²) in [6, 6.07) is 11.5. The maximum Gasteiger partial charge on any atom is 0.147 e. The lowest BCUT2D eigenvalue weighted by atomic mass is 9.99. The van der Waals surface area contributed by atoms with Crippen molar-refractivity contribution in [3.63, 3.8) is 0 Å². The molecule has 2 aromatic carbocycles. The summed E-state index contributed by atoms with van der Waals surface area (Å²) in [5.41, 5.74) is 0.893. The van der Waals surface area contributed by atoms with E-state index in [0.717, 1.165) is 28.3 Å². The van der Waals surface area contributed by atoms with E-state index in [2.05, 4.69) is 0 Å². The van der Waals surface area contributed by atoms with Gasteiger partial charge in [0.15, 0.2) is 0 Å². The minimum atomic E-state index is -3.11. The van der Waals surface area contributed by atoms with Crippen molar-refractivity contribution in [1.82, 2.24) is 0 Å². The van der Waals surface area contributed by atoms with Crippen LogP contribution in [0.4, 0.5) is 0 Å². The van der Waals surface area contributed by atoms with Crippen molar-refractivity contribution in [3.8, 4) is 5.75 Å². The lowest BCUT2D eigenvalue weighted by Crippen LogP contribution is -2.11. The zero-order valence-corrected chi connectivity index (χ0v) is 12.9. The predicted octanol–water partition coefficient (Wildman–Crippen LogP) is 2.39. The van der Waals surface area contributed by atoms with Gasteiger partial charge in [-0.15, -0.1) is 0 Å². The molecule has 2 rings (SSSR count). The molecule has 2 aromatic rings. The summed E-state index contributed by atoms with van der Waals surface area (Å²) < 4.78 is 27.4. The summed E-state index contributed by atoms with van der Waals surface area (Å²) in [4.78, 5) is 12.0. The molecule has 0 spiro atoms. The lowest BCUT2D eigenvalue weighted by molar-refractivity contribution is -0.118. The molecule has 0 aliphatic rings. The Balaban J connectivity index is 2.23. The van der Waals surface area contributed by atoms with Crippen LogP contribution >= 0.6 is 0 Å². The number of fused-ring (bicyclic) bond motifs is 1. The molecule has 21 heavy (non-hydrogen) atoms. The Hall–Kier alpha value is -1.88. The molecule has 0 amide bonds. The van der Waals surface area contributed by atoms with Gasteiger partial charge in [0, 0.05) is 19.1 Å². The number of ether oxygens (including phenoxy) is 1. The number of ketones is 1. The highest BCUT2D eigenvalue weighted by atomic mass is 32.2. The molecular formula is C16H18O4S. The van der Waals surface area contributed by atoms with E-state index in [1.807, 2.05) is 36.4 Å². The summed E-state index contributed by atoms with van der Waals surface area (Å²) in [6.45, 7) is 0. The first-order valence-electron chi connectivity index (χ1n) is 6.64. The quantitative estimate of drug-likeness (QED) is 0.822. The highest BCUT2D eigenvalue weighted by Gasteiger charge is 2.11. The van der Waals surface area contributed by atoms with Crippen LogP contribution in [0.5, 0.6) is 5.75 Å². The number of carbonyl (C=O) groups is 1. The Bertz CT molecular complexity index is 763. The van der Waals surface area contributed by atoms with Gasteiger partial charge in [-0.25, -0.2) is 8.42 Å². The molecule has 0 saturated heterocycles. The number of hydrogen-bond acceptors (Lipinski definition) is 4. The van der Waals surface area contributed by atoms with Crippen molar-refractivity contribution >= 4 is 26.4 Å². The maximum atomic E-state index is 12.0. The van der Waals surface area contributed by atoms with Gasteiger partial charge in [-0.2, -0.15) is 0 Å². The average Bonchev–Trinajstić information content (AvgIpc) is 2.44. The van der Waals surface area contributed by atoms with E-state index >= 15 is 0 Å². The molecule has 0 N–H and O–H groups in total. The number of methoxy groups -OCH3 is 1. The molecule has 0 unspecified atom stereocenters. The number of sulfone groups is 1. The zero-order valence-electron chi connectivity index (χ0n) is 12.1. The van der Waals surface area contributed by atoms with Crippen LogP contribution in [0, 0.1) is 0 Å². The van der Waals surface area contributed by atoms with E-state index in [9.17, 15) is 13.2 Å². The Morgan fingerprint density at radius 3 is 2.62 bits per heavy atom. The molecule has 4 nitrogen and oxygen atoms in total. The Morgan fingerprint density at radius 1 is 1.19 bits per heavy atom. The van der Waals surface area contributed by atoms with Gasteiger partial charge in [0.25, 0.3) is 0 Å². The number of hydrogen-bond donors (Lipinski definition) is 0. The summed E-state index contributed by atoms with van der Waals surface area (Å²) in [7, 11) is -1.51. The van der Waals surface area contributed by atoms with Crippen LogP contribution in [0.2, 0.25) is 0 Å². The molecular weight excluding hydrogens is 288 g/mol. The summed E-state index contributed by atoms with van der Waals surface area (Å²) >= 11 is 0. The van der Waals surface area contributed by atoms with Crippen molar-refractivity contribution in [3.05, 3.63) is 42.0 Å². The molecule has 0 bridgehead atoms. The van der Waals surface area contributed by atoms with Crippen LogP contribution in [0.25, 0.3) is 10.8 Å². The van der Waals surface area contributed by atoms with Gasteiger partial charge in [-0.3, -0.25) is 4.79 Å². The topological polar surface area (TPSA) is 60.4 Å². The van der Waals surface area contributed by atoms with Crippen molar-refractivity contribution < 1.29 is 17.9 Å². The highest BCUT2D eigenvalue weighted by Crippen LogP contribution is 2.24.